The molecule has 2 aromatic rings. The molecule has 0 aromatic heterocycles. The molecule has 0 atom stereocenters. The van der Waals surface area contributed by atoms with E-state index in [0.717, 1.165) is 5.56 Å². The first-order valence-electron chi connectivity index (χ1n) is 6.04. The molecule has 6 heteroatoms. The number of rotatable bonds is 4. The lowest BCUT2D eigenvalue weighted by atomic mass is 10.1. The minimum Gasteiger partial charge on any atom is -0.503 e. The Bertz CT molecular complexity index is 714. The van der Waals surface area contributed by atoms with Gasteiger partial charge in [0.1, 0.15) is 0 Å². The highest BCUT2D eigenvalue weighted by Crippen LogP contribution is 2.35. The van der Waals surface area contributed by atoms with E-state index in [0.29, 0.717) is 33.0 Å². The van der Waals surface area contributed by atoms with Gasteiger partial charge in [-0.15, -0.1) is 0 Å². The number of halogens is 2. The summed E-state index contributed by atoms with van der Waals surface area (Å²) in [5.41, 5.74) is 2.11. The number of hydrogen-bond donors (Lipinski definition) is 2. The molecule has 0 saturated carbocycles. The highest BCUT2D eigenvalue weighted by Gasteiger charge is 2.09. The topological polar surface area (TPSA) is 65.3 Å². The Hall–Kier alpha value is -1.90. The molecule has 21 heavy (non-hydrogen) atoms. The zero-order valence-corrected chi connectivity index (χ0v) is 13.5. The first kappa shape index (κ1) is 15.5. The van der Waals surface area contributed by atoms with Crippen LogP contribution in [0.5, 0.6) is 11.5 Å². The monoisotopic (exact) mass is 366 g/mol. The van der Waals surface area contributed by atoms with Crippen molar-refractivity contribution in [2.75, 3.05) is 12.4 Å². The third kappa shape index (κ3) is 3.60. The van der Waals surface area contributed by atoms with Gasteiger partial charge in [-0.05, 0) is 51.8 Å². The van der Waals surface area contributed by atoms with Gasteiger partial charge in [0.25, 0.3) is 0 Å². The van der Waals surface area contributed by atoms with Gasteiger partial charge in [0.05, 0.1) is 33.9 Å². The molecule has 108 valence electrons. The van der Waals surface area contributed by atoms with Gasteiger partial charge in [-0.1, -0.05) is 11.6 Å². The SMILES string of the molecule is COc1cc(CNc2cc(C#N)ccc2Cl)cc(Br)c1O. The normalized spacial score (nSPS) is 10.0. The summed E-state index contributed by atoms with van der Waals surface area (Å²) in [5.74, 6) is 0.448. The van der Waals surface area contributed by atoms with Crippen LogP contribution in [0.15, 0.2) is 34.8 Å². The van der Waals surface area contributed by atoms with Crippen molar-refractivity contribution in [3.05, 3.63) is 51.0 Å². The van der Waals surface area contributed by atoms with Crippen LogP contribution in [0.2, 0.25) is 5.02 Å². The van der Waals surface area contributed by atoms with Gasteiger partial charge in [0.2, 0.25) is 0 Å². The van der Waals surface area contributed by atoms with Crippen molar-refractivity contribution in [2.45, 2.75) is 6.54 Å². The maximum absolute atomic E-state index is 9.77. The third-order valence-electron chi connectivity index (χ3n) is 2.89. The fourth-order valence-electron chi connectivity index (χ4n) is 1.81. The molecule has 2 aromatic carbocycles. The maximum atomic E-state index is 9.77. The Balaban J connectivity index is 2.21. The Morgan fingerprint density at radius 3 is 2.81 bits per heavy atom. The van der Waals surface area contributed by atoms with Crippen molar-refractivity contribution in [1.82, 2.24) is 0 Å². The predicted octanol–water partition coefficient (Wildman–Crippen LogP) is 4.30. The van der Waals surface area contributed by atoms with Gasteiger partial charge >= 0.3 is 0 Å². The Morgan fingerprint density at radius 1 is 1.38 bits per heavy atom. The van der Waals surface area contributed by atoms with E-state index in [1.54, 1.807) is 30.3 Å². The fourth-order valence-corrected chi connectivity index (χ4v) is 2.49. The molecule has 4 nitrogen and oxygen atoms in total. The average molecular weight is 368 g/mol. The number of phenolic OH excluding ortho intramolecular Hbond substituents is 1. The van der Waals surface area contributed by atoms with Crippen molar-refractivity contribution in [1.29, 1.82) is 5.26 Å². The molecule has 0 aliphatic carbocycles. The van der Waals surface area contributed by atoms with Gasteiger partial charge in [-0.25, -0.2) is 0 Å². The molecule has 0 unspecified atom stereocenters. The van der Waals surface area contributed by atoms with Crippen LogP contribution in [0.1, 0.15) is 11.1 Å². The number of anilines is 1. The van der Waals surface area contributed by atoms with Crippen molar-refractivity contribution < 1.29 is 9.84 Å². The van der Waals surface area contributed by atoms with Crippen LogP contribution in [-0.4, -0.2) is 12.2 Å². The largest absolute Gasteiger partial charge is 0.503 e. The second-order valence-electron chi connectivity index (χ2n) is 4.29. The molecular formula is C15H12BrClN2O2. The summed E-state index contributed by atoms with van der Waals surface area (Å²) in [7, 11) is 1.49. The van der Waals surface area contributed by atoms with Crippen LogP contribution in [0.4, 0.5) is 5.69 Å². The zero-order chi connectivity index (χ0) is 15.4. The van der Waals surface area contributed by atoms with E-state index in [1.165, 1.54) is 7.11 Å². The molecule has 0 saturated heterocycles. The van der Waals surface area contributed by atoms with E-state index < -0.39 is 0 Å². The number of nitrogens with zero attached hydrogens (tertiary/aromatic N) is 1. The molecule has 0 amide bonds. The molecule has 0 radical (unpaired) electrons. The summed E-state index contributed by atoms with van der Waals surface area (Å²) in [6, 6.07) is 10.6. The first-order valence-corrected chi connectivity index (χ1v) is 7.21. The van der Waals surface area contributed by atoms with Crippen LogP contribution < -0.4 is 10.1 Å². The number of ether oxygens (including phenoxy) is 1. The highest BCUT2D eigenvalue weighted by molar-refractivity contribution is 9.10. The zero-order valence-electron chi connectivity index (χ0n) is 11.2. The number of methoxy groups -OCH3 is 1. The molecule has 0 fully saturated rings. The average Bonchev–Trinajstić information content (AvgIpc) is 2.49. The van der Waals surface area contributed by atoms with Crippen molar-refractivity contribution >= 4 is 33.2 Å². The molecule has 0 spiro atoms. The Kier molecular flexibility index (Phi) is 4.94. The van der Waals surface area contributed by atoms with Gasteiger partial charge < -0.3 is 15.2 Å². The molecule has 0 aliphatic heterocycles. The van der Waals surface area contributed by atoms with Gasteiger partial charge in [0.15, 0.2) is 11.5 Å². The second kappa shape index (κ2) is 6.70. The lowest BCUT2D eigenvalue weighted by molar-refractivity contribution is 0.371. The number of hydrogen-bond acceptors (Lipinski definition) is 4. The molecule has 0 aliphatic rings. The van der Waals surface area contributed by atoms with E-state index in [-0.39, 0.29) is 5.75 Å². The van der Waals surface area contributed by atoms with E-state index in [2.05, 4.69) is 27.3 Å². The Labute approximate surface area is 136 Å². The highest BCUT2D eigenvalue weighted by atomic mass is 79.9. The van der Waals surface area contributed by atoms with Gasteiger partial charge in [0, 0.05) is 6.54 Å². The quantitative estimate of drug-likeness (QED) is 0.845. The lowest BCUT2D eigenvalue weighted by Crippen LogP contribution is -2.01. The number of nitrogens with one attached hydrogen (secondary N) is 1. The van der Waals surface area contributed by atoms with Crippen LogP contribution in [0, 0.1) is 11.3 Å². The number of aromatic hydroxyl groups is 1. The molecule has 0 bridgehead atoms. The lowest BCUT2D eigenvalue weighted by Gasteiger charge is -2.12. The first-order chi connectivity index (χ1) is 10.0. The van der Waals surface area contributed by atoms with Gasteiger partial charge in [-0.2, -0.15) is 5.26 Å². The fraction of sp³-hybridized carbons (Fsp3) is 0.133. The van der Waals surface area contributed by atoms with E-state index in [4.69, 9.17) is 21.6 Å². The predicted molar refractivity (Wildman–Crippen MR) is 85.9 cm³/mol. The van der Waals surface area contributed by atoms with E-state index >= 15 is 0 Å². The van der Waals surface area contributed by atoms with E-state index in [1.807, 2.05) is 0 Å². The third-order valence-corrected chi connectivity index (χ3v) is 3.82. The molecule has 2 N–H and O–H groups in total. The minimum absolute atomic E-state index is 0.0609. The summed E-state index contributed by atoms with van der Waals surface area (Å²) < 4.78 is 5.65. The van der Waals surface area contributed by atoms with Crippen molar-refractivity contribution in [2.24, 2.45) is 0 Å². The van der Waals surface area contributed by atoms with Crippen LogP contribution in [-0.2, 0) is 6.54 Å². The summed E-state index contributed by atoms with van der Waals surface area (Å²) in [5, 5.41) is 22.4. The standard InChI is InChI=1S/C15H12BrClN2O2/c1-21-14-6-10(4-11(16)15(14)20)8-19-13-5-9(7-18)2-3-12(13)17/h2-6,19-20H,8H2,1H3. The Morgan fingerprint density at radius 2 is 2.14 bits per heavy atom. The maximum Gasteiger partial charge on any atom is 0.172 e. The number of benzene rings is 2. The molecular weight excluding hydrogens is 356 g/mol. The molecule has 2 rings (SSSR count). The van der Waals surface area contributed by atoms with Crippen molar-refractivity contribution in [3.63, 3.8) is 0 Å². The molecule has 0 heterocycles. The number of nitriles is 1. The number of phenols is 1. The summed E-state index contributed by atoms with van der Waals surface area (Å²) in [4.78, 5) is 0. The summed E-state index contributed by atoms with van der Waals surface area (Å²) in [6.07, 6.45) is 0. The smallest absolute Gasteiger partial charge is 0.172 e. The minimum atomic E-state index is 0.0609. The van der Waals surface area contributed by atoms with Crippen LogP contribution >= 0.6 is 27.5 Å². The van der Waals surface area contributed by atoms with Crippen LogP contribution in [0.25, 0.3) is 0 Å². The second-order valence-corrected chi connectivity index (χ2v) is 5.55. The summed E-state index contributed by atoms with van der Waals surface area (Å²) >= 11 is 9.36. The summed E-state index contributed by atoms with van der Waals surface area (Å²) in [6.45, 7) is 0.476. The van der Waals surface area contributed by atoms with E-state index in [9.17, 15) is 5.11 Å². The van der Waals surface area contributed by atoms with Crippen molar-refractivity contribution in [3.8, 4) is 17.6 Å². The van der Waals surface area contributed by atoms with Crippen LogP contribution in [0.3, 0.4) is 0 Å². The van der Waals surface area contributed by atoms with Gasteiger partial charge in [-0.3, -0.25) is 0 Å².